The molecule has 5 heteroatoms. The fourth-order valence-corrected chi connectivity index (χ4v) is 4.28. The fourth-order valence-electron chi connectivity index (χ4n) is 4.28. The maximum Gasteiger partial charge on any atom is 0.164 e. The van der Waals surface area contributed by atoms with Gasteiger partial charge in [-0.2, -0.15) is 0 Å². The van der Waals surface area contributed by atoms with E-state index in [2.05, 4.69) is 41.7 Å². The van der Waals surface area contributed by atoms with E-state index in [0.29, 0.717) is 6.61 Å². The van der Waals surface area contributed by atoms with Crippen molar-refractivity contribution < 1.29 is 18.9 Å². The van der Waals surface area contributed by atoms with Gasteiger partial charge in [-0.15, -0.1) is 0 Å². The smallest absolute Gasteiger partial charge is 0.164 e. The van der Waals surface area contributed by atoms with E-state index in [4.69, 9.17) is 18.9 Å². The molecule has 0 unspecified atom stereocenters. The molecule has 1 aromatic carbocycles. The average Bonchev–Trinajstić information content (AvgIpc) is 2.93. The third-order valence-corrected chi connectivity index (χ3v) is 5.53. The number of fused-ring (bicyclic) bond motifs is 3. The van der Waals surface area contributed by atoms with E-state index in [9.17, 15) is 0 Å². The van der Waals surface area contributed by atoms with Crippen LogP contribution in [0.3, 0.4) is 0 Å². The summed E-state index contributed by atoms with van der Waals surface area (Å²) in [5.41, 5.74) is 2.65. The predicted molar refractivity (Wildman–Crippen MR) is 103 cm³/mol. The number of benzene rings is 1. The highest BCUT2D eigenvalue weighted by atomic mass is 16.8. The molecule has 2 saturated heterocycles. The third kappa shape index (κ3) is 4.28. The van der Waals surface area contributed by atoms with Crippen LogP contribution in [0.5, 0.6) is 0 Å². The molecule has 0 spiro atoms. The zero-order chi connectivity index (χ0) is 19.1. The molecule has 5 nitrogen and oxygen atoms in total. The normalized spacial score (nSPS) is 33.9. The molecule has 0 amide bonds. The van der Waals surface area contributed by atoms with Gasteiger partial charge in [0.15, 0.2) is 11.6 Å². The first kappa shape index (κ1) is 19.1. The predicted octanol–water partition coefficient (Wildman–Crippen LogP) is 3.05. The van der Waals surface area contributed by atoms with E-state index in [1.807, 2.05) is 27.7 Å². The summed E-state index contributed by atoms with van der Waals surface area (Å²) in [6, 6.07) is 10.6. The summed E-state index contributed by atoms with van der Waals surface area (Å²) in [5, 5.41) is 3.58. The average molecular weight is 373 g/mol. The lowest BCUT2D eigenvalue weighted by atomic mass is 9.81. The maximum absolute atomic E-state index is 6.30. The standard InChI is InChI=1S/C22H31NO4/c1-21(2)24-14-17-16(13-23-11-10-15-8-6-5-7-9-15)12-18-20(19(17)26-21)27-22(3,4)25-18/h5-9,12,17-20,23H,10-11,13-14H2,1-4H3/t17-,18-,19-,20-/m1/s1. The summed E-state index contributed by atoms with van der Waals surface area (Å²) < 4.78 is 24.6. The van der Waals surface area contributed by atoms with Gasteiger partial charge >= 0.3 is 0 Å². The molecule has 27 heavy (non-hydrogen) atoms. The highest BCUT2D eigenvalue weighted by Gasteiger charge is 2.53. The topological polar surface area (TPSA) is 49.0 Å². The van der Waals surface area contributed by atoms with Crippen LogP contribution in [0.15, 0.2) is 42.0 Å². The Morgan fingerprint density at radius 2 is 1.70 bits per heavy atom. The molecule has 1 N–H and O–H groups in total. The van der Waals surface area contributed by atoms with Crippen molar-refractivity contribution in [2.75, 3.05) is 19.7 Å². The van der Waals surface area contributed by atoms with E-state index in [0.717, 1.165) is 19.5 Å². The SMILES string of the molecule is CC1(C)OC[C@@H]2C(CNCCc3ccccc3)=C[C@H]3OC(C)(C)O[C@H]3[C@@H]2O1. The van der Waals surface area contributed by atoms with Crippen LogP contribution < -0.4 is 5.32 Å². The van der Waals surface area contributed by atoms with E-state index < -0.39 is 11.6 Å². The van der Waals surface area contributed by atoms with Crippen LogP contribution in [0.25, 0.3) is 0 Å². The minimum absolute atomic E-state index is 0.0450. The van der Waals surface area contributed by atoms with Crippen molar-refractivity contribution in [1.82, 2.24) is 5.32 Å². The number of rotatable bonds is 5. The van der Waals surface area contributed by atoms with Crippen LogP contribution in [0.4, 0.5) is 0 Å². The molecule has 2 fully saturated rings. The first-order chi connectivity index (χ1) is 12.8. The van der Waals surface area contributed by atoms with Crippen LogP contribution in [-0.2, 0) is 25.4 Å². The van der Waals surface area contributed by atoms with Crippen molar-refractivity contribution in [1.29, 1.82) is 0 Å². The van der Waals surface area contributed by atoms with E-state index in [1.165, 1.54) is 11.1 Å². The van der Waals surface area contributed by atoms with Gasteiger partial charge in [0.25, 0.3) is 0 Å². The van der Waals surface area contributed by atoms with Crippen LogP contribution >= 0.6 is 0 Å². The van der Waals surface area contributed by atoms with Gasteiger partial charge in [0, 0.05) is 12.5 Å². The van der Waals surface area contributed by atoms with E-state index in [-0.39, 0.29) is 24.2 Å². The zero-order valence-corrected chi connectivity index (χ0v) is 16.7. The Balaban J connectivity index is 1.43. The summed E-state index contributed by atoms with van der Waals surface area (Å²) in [6.07, 6.45) is 3.04. The monoisotopic (exact) mass is 373 g/mol. The molecule has 0 bridgehead atoms. The molecule has 4 atom stereocenters. The van der Waals surface area contributed by atoms with Crippen LogP contribution in [-0.4, -0.2) is 49.6 Å². The second-order valence-electron chi connectivity index (χ2n) is 8.62. The van der Waals surface area contributed by atoms with Crippen LogP contribution in [0.1, 0.15) is 33.3 Å². The van der Waals surface area contributed by atoms with Crippen molar-refractivity contribution >= 4 is 0 Å². The Morgan fingerprint density at radius 3 is 2.48 bits per heavy atom. The largest absolute Gasteiger partial charge is 0.350 e. The summed E-state index contributed by atoms with van der Waals surface area (Å²) in [6.45, 7) is 10.3. The second kappa shape index (κ2) is 7.30. The number of ether oxygens (including phenoxy) is 4. The molecule has 0 saturated carbocycles. The van der Waals surface area contributed by atoms with E-state index >= 15 is 0 Å². The lowest BCUT2D eigenvalue weighted by molar-refractivity contribution is -0.308. The van der Waals surface area contributed by atoms with Gasteiger partial charge in [-0.3, -0.25) is 0 Å². The maximum atomic E-state index is 6.30. The number of nitrogens with one attached hydrogen (secondary N) is 1. The van der Waals surface area contributed by atoms with Crippen molar-refractivity contribution in [2.24, 2.45) is 5.92 Å². The highest BCUT2D eigenvalue weighted by Crippen LogP contribution is 2.43. The fraction of sp³-hybridized carbons (Fsp3) is 0.636. The molecular weight excluding hydrogens is 342 g/mol. The molecule has 0 aromatic heterocycles. The summed E-state index contributed by atoms with van der Waals surface area (Å²) >= 11 is 0. The summed E-state index contributed by atoms with van der Waals surface area (Å²) in [5.74, 6) is -0.982. The molecule has 3 aliphatic rings. The minimum atomic E-state index is -0.592. The molecule has 148 valence electrons. The second-order valence-corrected chi connectivity index (χ2v) is 8.62. The van der Waals surface area contributed by atoms with Crippen molar-refractivity contribution in [3.8, 4) is 0 Å². The number of hydrogen-bond donors (Lipinski definition) is 1. The van der Waals surface area contributed by atoms with Gasteiger partial charge in [0.1, 0.15) is 12.2 Å². The van der Waals surface area contributed by atoms with Gasteiger partial charge in [-0.25, -0.2) is 0 Å². The Kier molecular flexibility index (Phi) is 5.16. The molecule has 0 radical (unpaired) electrons. The quantitative estimate of drug-likeness (QED) is 0.635. The van der Waals surface area contributed by atoms with Gasteiger partial charge in [0.05, 0.1) is 12.7 Å². The minimum Gasteiger partial charge on any atom is -0.350 e. The highest BCUT2D eigenvalue weighted by molar-refractivity contribution is 5.23. The zero-order valence-electron chi connectivity index (χ0n) is 16.7. The summed E-state index contributed by atoms with van der Waals surface area (Å²) in [4.78, 5) is 0. The first-order valence-electron chi connectivity index (χ1n) is 9.96. The molecule has 1 aliphatic carbocycles. The lowest BCUT2D eigenvalue weighted by Crippen LogP contribution is -2.56. The van der Waals surface area contributed by atoms with Crippen molar-refractivity contribution in [2.45, 2.75) is 64.0 Å². The Hall–Kier alpha value is -1.24. The lowest BCUT2D eigenvalue weighted by Gasteiger charge is -2.46. The van der Waals surface area contributed by atoms with Crippen molar-refractivity contribution in [3.05, 3.63) is 47.5 Å². The first-order valence-corrected chi connectivity index (χ1v) is 9.96. The Bertz CT molecular complexity index is 685. The number of hydrogen-bond acceptors (Lipinski definition) is 5. The molecule has 2 heterocycles. The molecule has 4 rings (SSSR count). The summed E-state index contributed by atoms with van der Waals surface area (Å²) in [7, 11) is 0. The van der Waals surface area contributed by atoms with Gasteiger partial charge in [-0.1, -0.05) is 36.4 Å². The molecule has 1 aromatic rings. The van der Waals surface area contributed by atoms with Gasteiger partial charge in [-0.05, 0) is 51.8 Å². The van der Waals surface area contributed by atoms with Crippen molar-refractivity contribution in [3.63, 3.8) is 0 Å². The molecular formula is C22H31NO4. The van der Waals surface area contributed by atoms with Gasteiger partial charge in [0.2, 0.25) is 0 Å². The van der Waals surface area contributed by atoms with Crippen LogP contribution in [0, 0.1) is 5.92 Å². The Labute approximate surface area is 162 Å². The van der Waals surface area contributed by atoms with Crippen LogP contribution in [0.2, 0.25) is 0 Å². The van der Waals surface area contributed by atoms with E-state index in [1.54, 1.807) is 0 Å². The molecule has 2 aliphatic heterocycles. The Morgan fingerprint density at radius 1 is 0.963 bits per heavy atom. The van der Waals surface area contributed by atoms with Gasteiger partial charge < -0.3 is 24.3 Å². The third-order valence-electron chi connectivity index (χ3n) is 5.53.